The Morgan fingerprint density at radius 2 is 2.07 bits per heavy atom. The normalized spacial score (nSPS) is 9.93. The number of ether oxygens (including phenoxy) is 1. The molecule has 76 valence electrons. The molecule has 0 aliphatic heterocycles. The summed E-state index contributed by atoms with van der Waals surface area (Å²) in [5.74, 6) is 0.705. The minimum Gasteiger partial charge on any atom is -0.490 e. The SMILES string of the molecule is COc1cnc(-c2ccncc2)[nH]c1=O. The maximum Gasteiger partial charge on any atom is 0.293 e. The highest BCUT2D eigenvalue weighted by Crippen LogP contribution is 2.11. The average Bonchev–Trinajstić information content (AvgIpc) is 2.30. The Morgan fingerprint density at radius 1 is 1.33 bits per heavy atom. The predicted octanol–water partition coefficient (Wildman–Crippen LogP) is 0.840. The number of pyridine rings is 1. The van der Waals surface area contributed by atoms with Crippen LogP contribution < -0.4 is 10.3 Å². The van der Waals surface area contributed by atoms with Gasteiger partial charge in [-0.1, -0.05) is 0 Å². The standard InChI is InChI=1S/C10H9N3O2/c1-15-8-6-12-9(13-10(8)14)7-2-4-11-5-3-7/h2-6H,1H3,(H,12,13,14). The van der Waals surface area contributed by atoms with Crippen LogP contribution in [0, 0.1) is 0 Å². The first-order valence-corrected chi connectivity index (χ1v) is 4.35. The lowest BCUT2D eigenvalue weighted by Crippen LogP contribution is -2.11. The summed E-state index contributed by atoms with van der Waals surface area (Å²) in [6, 6.07) is 3.54. The molecule has 2 heterocycles. The highest BCUT2D eigenvalue weighted by Gasteiger charge is 2.03. The molecule has 5 heteroatoms. The molecule has 0 aliphatic rings. The smallest absolute Gasteiger partial charge is 0.293 e. The summed E-state index contributed by atoms with van der Waals surface area (Å²) in [5.41, 5.74) is 0.518. The molecule has 0 atom stereocenters. The van der Waals surface area contributed by atoms with Crippen molar-refractivity contribution in [3.8, 4) is 17.1 Å². The van der Waals surface area contributed by atoms with E-state index in [0.717, 1.165) is 5.56 Å². The third-order valence-electron chi connectivity index (χ3n) is 1.94. The fourth-order valence-electron chi connectivity index (χ4n) is 1.19. The average molecular weight is 203 g/mol. The van der Waals surface area contributed by atoms with Crippen molar-refractivity contribution in [2.45, 2.75) is 0 Å². The van der Waals surface area contributed by atoms with Gasteiger partial charge in [0.25, 0.3) is 5.56 Å². The van der Waals surface area contributed by atoms with Crippen LogP contribution in [-0.4, -0.2) is 22.1 Å². The number of aromatic amines is 1. The maximum atomic E-state index is 11.4. The van der Waals surface area contributed by atoms with Crippen LogP contribution in [0.5, 0.6) is 5.75 Å². The summed E-state index contributed by atoms with van der Waals surface area (Å²) in [7, 11) is 1.43. The van der Waals surface area contributed by atoms with Crippen LogP contribution in [0.15, 0.2) is 35.5 Å². The number of aromatic nitrogens is 3. The number of nitrogens with one attached hydrogen (secondary N) is 1. The molecule has 0 aromatic carbocycles. The highest BCUT2D eigenvalue weighted by atomic mass is 16.5. The number of hydrogen-bond acceptors (Lipinski definition) is 4. The highest BCUT2D eigenvalue weighted by molar-refractivity contribution is 5.53. The Bertz CT molecular complexity index is 508. The van der Waals surface area contributed by atoms with E-state index >= 15 is 0 Å². The molecule has 0 spiro atoms. The summed E-state index contributed by atoms with van der Waals surface area (Å²) in [5, 5.41) is 0. The van der Waals surface area contributed by atoms with Gasteiger partial charge in [-0.25, -0.2) is 4.98 Å². The summed E-state index contributed by atoms with van der Waals surface area (Å²) in [6.07, 6.45) is 4.67. The molecule has 2 aromatic heterocycles. The third-order valence-corrected chi connectivity index (χ3v) is 1.94. The molecule has 0 amide bonds. The van der Waals surface area contributed by atoms with Gasteiger partial charge in [0.05, 0.1) is 13.3 Å². The molecule has 0 saturated heterocycles. The molecule has 5 nitrogen and oxygen atoms in total. The van der Waals surface area contributed by atoms with E-state index in [1.54, 1.807) is 24.5 Å². The van der Waals surface area contributed by atoms with E-state index in [-0.39, 0.29) is 11.3 Å². The van der Waals surface area contributed by atoms with Crippen molar-refractivity contribution in [2.75, 3.05) is 7.11 Å². The van der Waals surface area contributed by atoms with Gasteiger partial charge in [-0.2, -0.15) is 0 Å². The quantitative estimate of drug-likeness (QED) is 0.785. The van der Waals surface area contributed by atoms with Crippen molar-refractivity contribution >= 4 is 0 Å². The van der Waals surface area contributed by atoms with Gasteiger partial charge in [-0.3, -0.25) is 9.78 Å². The van der Waals surface area contributed by atoms with E-state index in [2.05, 4.69) is 15.0 Å². The molecule has 15 heavy (non-hydrogen) atoms. The first kappa shape index (κ1) is 9.39. The summed E-state index contributed by atoms with van der Waals surface area (Å²) in [6.45, 7) is 0. The molecular formula is C10H9N3O2. The van der Waals surface area contributed by atoms with Crippen molar-refractivity contribution < 1.29 is 4.74 Å². The van der Waals surface area contributed by atoms with Gasteiger partial charge in [0.15, 0.2) is 0 Å². The second-order valence-corrected chi connectivity index (χ2v) is 2.87. The Balaban J connectivity index is 2.48. The minimum absolute atomic E-state index is 0.202. The molecule has 2 aromatic rings. The van der Waals surface area contributed by atoms with E-state index < -0.39 is 0 Å². The second kappa shape index (κ2) is 3.91. The van der Waals surface area contributed by atoms with Crippen LogP contribution in [0.1, 0.15) is 0 Å². The Hall–Kier alpha value is -2.17. The van der Waals surface area contributed by atoms with E-state index in [9.17, 15) is 4.79 Å². The van der Waals surface area contributed by atoms with Gasteiger partial charge in [0.2, 0.25) is 5.75 Å². The monoisotopic (exact) mass is 203 g/mol. The van der Waals surface area contributed by atoms with Crippen LogP contribution in [0.2, 0.25) is 0 Å². The van der Waals surface area contributed by atoms with Crippen molar-refractivity contribution in [1.29, 1.82) is 0 Å². The molecule has 1 N–H and O–H groups in total. The van der Waals surface area contributed by atoms with Crippen LogP contribution in [0.4, 0.5) is 0 Å². The summed E-state index contributed by atoms with van der Waals surface area (Å²) in [4.78, 5) is 22.0. The van der Waals surface area contributed by atoms with Crippen molar-refractivity contribution in [1.82, 2.24) is 15.0 Å². The molecule has 2 rings (SSSR count). The van der Waals surface area contributed by atoms with E-state index in [0.29, 0.717) is 5.82 Å². The van der Waals surface area contributed by atoms with Gasteiger partial charge >= 0.3 is 0 Å². The summed E-state index contributed by atoms with van der Waals surface area (Å²) >= 11 is 0. The largest absolute Gasteiger partial charge is 0.490 e. The number of nitrogens with zero attached hydrogens (tertiary/aromatic N) is 2. The fourth-order valence-corrected chi connectivity index (χ4v) is 1.19. The topological polar surface area (TPSA) is 67.9 Å². The number of rotatable bonds is 2. The van der Waals surface area contributed by atoms with Crippen molar-refractivity contribution in [3.63, 3.8) is 0 Å². The van der Waals surface area contributed by atoms with Gasteiger partial charge in [-0.15, -0.1) is 0 Å². The zero-order valence-electron chi connectivity index (χ0n) is 8.10. The van der Waals surface area contributed by atoms with Crippen LogP contribution >= 0.6 is 0 Å². The lowest BCUT2D eigenvalue weighted by Gasteiger charge is -2.01. The van der Waals surface area contributed by atoms with Crippen LogP contribution in [0.25, 0.3) is 11.4 Å². The summed E-state index contributed by atoms with van der Waals surface area (Å²) < 4.78 is 4.82. The van der Waals surface area contributed by atoms with Crippen molar-refractivity contribution in [3.05, 3.63) is 41.1 Å². The van der Waals surface area contributed by atoms with E-state index in [1.807, 2.05) is 0 Å². The molecule has 0 unspecified atom stereocenters. The Morgan fingerprint density at radius 3 is 2.67 bits per heavy atom. The van der Waals surface area contributed by atoms with E-state index in [1.165, 1.54) is 13.3 Å². The maximum absolute atomic E-state index is 11.4. The molecule has 0 bridgehead atoms. The lowest BCUT2D eigenvalue weighted by atomic mass is 10.2. The molecular weight excluding hydrogens is 194 g/mol. The van der Waals surface area contributed by atoms with Gasteiger partial charge in [0, 0.05) is 18.0 Å². The number of methoxy groups -OCH3 is 1. The zero-order valence-corrected chi connectivity index (χ0v) is 8.10. The number of hydrogen-bond donors (Lipinski definition) is 1. The van der Waals surface area contributed by atoms with Gasteiger partial charge in [-0.05, 0) is 12.1 Å². The van der Waals surface area contributed by atoms with Crippen LogP contribution in [-0.2, 0) is 0 Å². The first-order chi connectivity index (χ1) is 7.31. The molecule has 0 fully saturated rings. The Labute approximate surface area is 85.8 Å². The van der Waals surface area contributed by atoms with Gasteiger partial charge < -0.3 is 9.72 Å². The molecule has 0 radical (unpaired) electrons. The first-order valence-electron chi connectivity index (χ1n) is 4.35. The van der Waals surface area contributed by atoms with Gasteiger partial charge in [0.1, 0.15) is 5.82 Å². The lowest BCUT2D eigenvalue weighted by molar-refractivity contribution is 0.406. The molecule has 0 saturated carbocycles. The minimum atomic E-state index is -0.292. The second-order valence-electron chi connectivity index (χ2n) is 2.87. The molecule has 0 aliphatic carbocycles. The van der Waals surface area contributed by atoms with Crippen LogP contribution in [0.3, 0.4) is 0 Å². The zero-order chi connectivity index (χ0) is 10.7. The Kier molecular flexibility index (Phi) is 2.45. The fraction of sp³-hybridized carbons (Fsp3) is 0.100. The van der Waals surface area contributed by atoms with E-state index in [4.69, 9.17) is 4.74 Å². The predicted molar refractivity (Wildman–Crippen MR) is 54.6 cm³/mol. The third kappa shape index (κ3) is 1.85. The van der Waals surface area contributed by atoms with Crippen molar-refractivity contribution in [2.24, 2.45) is 0 Å². The number of H-pyrrole nitrogens is 1.